The Hall–Kier alpha value is -1.17. The van der Waals surface area contributed by atoms with Crippen molar-refractivity contribution in [3.05, 3.63) is 24.0 Å². The molecule has 1 rings (SSSR count). The van der Waals surface area contributed by atoms with E-state index in [1.54, 1.807) is 19.5 Å². The smallest absolute Gasteiger partial charge is 0.142 e. The van der Waals surface area contributed by atoms with Gasteiger partial charge in [-0.05, 0) is 25.5 Å². The number of ether oxygens (including phenoxy) is 3. The van der Waals surface area contributed by atoms with Crippen LogP contribution in [0.1, 0.15) is 25.3 Å². The van der Waals surface area contributed by atoms with Crippen LogP contribution in [0.25, 0.3) is 0 Å². The Morgan fingerprint density at radius 1 is 1.20 bits per heavy atom. The number of rotatable bonds is 12. The second-order valence-corrected chi connectivity index (χ2v) is 4.47. The Labute approximate surface area is 121 Å². The molecule has 0 unspecified atom stereocenters. The highest BCUT2D eigenvalue weighted by atomic mass is 16.5. The van der Waals surface area contributed by atoms with E-state index in [2.05, 4.69) is 17.2 Å². The van der Waals surface area contributed by atoms with Crippen LogP contribution in [0.4, 0.5) is 0 Å². The molecule has 0 aliphatic rings. The number of methoxy groups -OCH3 is 1. The van der Waals surface area contributed by atoms with Gasteiger partial charge in [0.25, 0.3) is 0 Å². The van der Waals surface area contributed by atoms with E-state index < -0.39 is 0 Å². The van der Waals surface area contributed by atoms with Crippen molar-refractivity contribution in [2.24, 2.45) is 0 Å². The predicted molar refractivity (Wildman–Crippen MR) is 79.0 cm³/mol. The first kappa shape index (κ1) is 16.9. The Morgan fingerprint density at radius 2 is 2.10 bits per heavy atom. The van der Waals surface area contributed by atoms with Gasteiger partial charge in [-0.25, -0.2) is 0 Å². The summed E-state index contributed by atoms with van der Waals surface area (Å²) < 4.78 is 16.1. The van der Waals surface area contributed by atoms with Crippen molar-refractivity contribution >= 4 is 0 Å². The van der Waals surface area contributed by atoms with Crippen LogP contribution in [0.2, 0.25) is 0 Å². The zero-order valence-electron chi connectivity index (χ0n) is 12.6. The van der Waals surface area contributed by atoms with Crippen molar-refractivity contribution in [2.75, 3.05) is 40.1 Å². The average Bonchev–Trinajstić information content (AvgIpc) is 2.48. The molecule has 1 N–H and O–H groups in total. The van der Waals surface area contributed by atoms with Crippen molar-refractivity contribution in [3.63, 3.8) is 0 Å². The standard InChI is InChI=1S/C15H26N2O3/c1-3-6-16-12-14-5-7-17-13-15(14)20-11-10-19-9-4-8-18-2/h5,7,13,16H,3-4,6,8-12H2,1-2H3. The normalized spacial score (nSPS) is 10.7. The lowest BCUT2D eigenvalue weighted by Crippen LogP contribution is -2.15. The maximum Gasteiger partial charge on any atom is 0.142 e. The lowest BCUT2D eigenvalue weighted by atomic mass is 10.2. The number of pyridine rings is 1. The van der Waals surface area contributed by atoms with Crippen molar-refractivity contribution in [2.45, 2.75) is 26.3 Å². The molecule has 0 atom stereocenters. The first-order valence-electron chi connectivity index (χ1n) is 7.21. The molecule has 1 heterocycles. The van der Waals surface area contributed by atoms with E-state index in [4.69, 9.17) is 14.2 Å². The molecule has 0 fully saturated rings. The van der Waals surface area contributed by atoms with Gasteiger partial charge in [-0.2, -0.15) is 0 Å². The number of nitrogens with zero attached hydrogens (tertiary/aromatic N) is 1. The van der Waals surface area contributed by atoms with E-state index in [1.165, 1.54) is 0 Å². The second kappa shape index (κ2) is 11.6. The Bertz CT molecular complexity index is 348. The van der Waals surface area contributed by atoms with E-state index in [-0.39, 0.29) is 0 Å². The zero-order valence-corrected chi connectivity index (χ0v) is 12.6. The van der Waals surface area contributed by atoms with Crippen LogP contribution in [-0.4, -0.2) is 45.1 Å². The summed E-state index contributed by atoms with van der Waals surface area (Å²) in [6, 6.07) is 1.98. The molecule has 0 saturated heterocycles. The van der Waals surface area contributed by atoms with Crippen LogP contribution in [0.3, 0.4) is 0 Å². The Balaban J connectivity index is 2.21. The van der Waals surface area contributed by atoms with E-state index in [1.807, 2.05) is 6.07 Å². The minimum Gasteiger partial charge on any atom is -0.489 e. The number of hydrogen-bond acceptors (Lipinski definition) is 5. The summed E-state index contributed by atoms with van der Waals surface area (Å²) in [5, 5.41) is 3.36. The summed E-state index contributed by atoms with van der Waals surface area (Å²) >= 11 is 0. The topological polar surface area (TPSA) is 52.6 Å². The third-order valence-electron chi connectivity index (χ3n) is 2.73. The van der Waals surface area contributed by atoms with Crippen LogP contribution in [0.5, 0.6) is 5.75 Å². The third kappa shape index (κ3) is 7.43. The highest BCUT2D eigenvalue weighted by Crippen LogP contribution is 2.15. The van der Waals surface area contributed by atoms with Gasteiger partial charge in [-0.3, -0.25) is 4.98 Å². The number of nitrogens with one attached hydrogen (secondary N) is 1. The van der Waals surface area contributed by atoms with Gasteiger partial charge in [0.2, 0.25) is 0 Å². The van der Waals surface area contributed by atoms with Crippen LogP contribution in [0, 0.1) is 0 Å². The lowest BCUT2D eigenvalue weighted by molar-refractivity contribution is 0.0803. The van der Waals surface area contributed by atoms with E-state index in [0.29, 0.717) is 19.8 Å². The first-order valence-corrected chi connectivity index (χ1v) is 7.21. The van der Waals surface area contributed by atoms with Gasteiger partial charge in [0.15, 0.2) is 0 Å². The average molecular weight is 282 g/mol. The zero-order chi connectivity index (χ0) is 14.5. The maximum atomic E-state index is 5.72. The van der Waals surface area contributed by atoms with Crippen molar-refractivity contribution < 1.29 is 14.2 Å². The quantitative estimate of drug-likeness (QED) is 0.594. The summed E-state index contributed by atoms with van der Waals surface area (Å²) in [7, 11) is 1.69. The van der Waals surface area contributed by atoms with E-state index in [0.717, 1.165) is 43.9 Å². The summed E-state index contributed by atoms with van der Waals surface area (Å²) in [4.78, 5) is 4.10. The largest absolute Gasteiger partial charge is 0.489 e. The van der Waals surface area contributed by atoms with Gasteiger partial charge in [0.1, 0.15) is 12.4 Å². The fraction of sp³-hybridized carbons (Fsp3) is 0.667. The fourth-order valence-corrected chi connectivity index (χ4v) is 1.70. The molecule has 114 valence electrons. The fourth-order valence-electron chi connectivity index (χ4n) is 1.70. The van der Waals surface area contributed by atoms with Gasteiger partial charge >= 0.3 is 0 Å². The van der Waals surface area contributed by atoms with Gasteiger partial charge in [0, 0.05) is 38.6 Å². The SMILES string of the molecule is CCCNCc1ccncc1OCCOCCCOC. The van der Waals surface area contributed by atoms with Gasteiger partial charge < -0.3 is 19.5 Å². The van der Waals surface area contributed by atoms with Crippen LogP contribution in [-0.2, 0) is 16.0 Å². The Kier molecular flexibility index (Phi) is 9.83. The Morgan fingerprint density at radius 3 is 2.90 bits per heavy atom. The molecule has 0 aromatic carbocycles. The van der Waals surface area contributed by atoms with Crippen LogP contribution in [0.15, 0.2) is 18.5 Å². The highest BCUT2D eigenvalue weighted by Gasteiger charge is 2.03. The highest BCUT2D eigenvalue weighted by molar-refractivity contribution is 5.29. The molecule has 5 heteroatoms. The molecule has 1 aromatic heterocycles. The second-order valence-electron chi connectivity index (χ2n) is 4.47. The third-order valence-corrected chi connectivity index (χ3v) is 2.73. The first-order chi connectivity index (χ1) is 9.88. The molecule has 20 heavy (non-hydrogen) atoms. The van der Waals surface area contributed by atoms with Gasteiger partial charge in [0.05, 0.1) is 12.8 Å². The summed E-state index contributed by atoms with van der Waals surface area (Å²) in [5.74, 6) is 0.830. The number of aromatic nitrogens is 1. The van der Waals surface area contributed by atoms with E-state index >= 15 is 0 Å². The summed E-state index contributed by atoms with van der Waals surface area (Å²) in [5.41, 5.74) is 1.13. The molecule has 5 nitrogen and oxygen atoms in total. The molecule has 0 saturated carbocycles. The molecule has 1 aromatic rings. The maximum absolute atomic E-state index is 5.72. The van der Waals surface area contributed by atoms with E-state index in [9.17, 15) is 0 Å². The molecular formula is C15H26N2O3. The predicted octanol–water partition coefficient (Wildman–Crippen LogP) is 2.01. The van der Waals surface area contributed by atoms with Crippen LogP contribution >= 0.6 is 0 Å². The van der Waals surface area contributed by atoms with Crippen molar-refractivity contribution in [1.29, 1.82) is 0 Å². The van der Waals surface area contributed by atoms with Crippen molar-refractivity contribution in [3.8, 4) is 5.75 Å². The monoisotopic (exact) mass is 282 g/mol. The molecule has 0 aliphatic heterocycles. The molecule has 0 spiro atoms. The lowest BCUT2D eigenvalue weighted by Gasteiger charge is -2.11. The molecule has 0 aliphatic carbocycles. The summed E-state index contributed by atoms with van der Waals surface area (Å²) in [6.45, 7) is 6.52. The minimum atomic E-state index is 0.541. The molecule has 0 radical (unpaired) electrons. The van der Waals surface area contributed by atoms with Crippen molar-refractivity contribution in [1.82, 2.24) is 10.3 Å². The molecule has 0 amide bonds. The number of hydrogen-bond donors (Lipinski definition) is 1. The minimum absolute atomic E-state index is 0.541. The van der Waals surface area contributed by atoms with Crippen LogP contribution < -0.4 is 10.1 Å². The molecular weight excluding hydrogens is 256 g/mol. The summed E-state index contributed by atoms with van der Waals surface area (Å²) in [6.07, 6.45) is 5.58. The van der Waals surface area contributed by atoms with Gasteiger partial charge in [-0.1, -0.05) is 6.92 Å². The molecule has 0 bridgehead atoms. The van der Waals surface area contributed by atoms with Gasteiger partial charge in [-0.15, -0.1) is 0 Å².